The van der Waals surface area contributed by atoms with Gasteiger partial charge < -0.3 is 15.4 Å². The van der Waals surface area contributed by atoms with Crippen molar-refractivity contribution in [2.24, 2.45) is 5.73 Å². The van der Waals surface area contributed by atoms with E-state index in [0.717, 1.165) is 32.3 Å². The molecule has 1 aliphatic heterocycles. The van der Waals surface area contributed by atoms with Crippen LogP contribution in [0.1, 0.15) is 57.8 Å². The van der Waals surface area contributed by atoms with Crippen LogP contribution >= 0.6 is 0 Å². The largest absolute Gasteiger partial charge is 0.378 e. The van der Waals surface area contributed by atoms with E-state index >= 15 is 0 Å². The third-order valence-electron chi connectivity index (χ3n) is 4.38. The number of carbonyl (C=O) groups excluding carboxylic acids is 1. The number of carbonyl (C=O) groups is 1. The van der Waals surface area contributed by atoms with Crippen LogP contribution in [0.4, 0.5) is 0 Å². The van der Waals surface area contributed by atoms with E-state index in [1.165, 1.54) is 25.7 Å². The fourth-order valence-corrected chi connectivity index (χ4v) is 3.32. The molecule has 4 heteroatoms. The second-order valence-electron chi connectivity index (χ2n) is 5.86. The summed E-state index contributed by atoms with van der Waals surface area (Å²) in [6.07, 6.45) is 10.2. The third-order valence-corrected chi connectivity index (χ3v) is 4.38. The van der Waals surface area contributed by atoms with E-state index in [1.807, 2.05) is 4.90 Å². The van der Waals surface area contributed by atoms with Crippen molar-refractivity contribution in [3.8, 4) is 0 Å². The van der Waals surface area contributed by atoms with Gasteiger partial charge in [-0.2, -0.15) is 0 Å². The van der Waals surface area contributed by atoms with Gasteiger partial charge in [0.15, 0.2) is 0 Å². The summed E-state index contributed by atoms with van der Waals surface area (Å²) >= 11 is 0. The standard InChI is InChI=1S/C15H28N2O2/c16-9-10-17(13-6-2-1-3-7-13)15(18)12-14-8-4-5-11-19-14/h13-14H,1-12,16H2. The van der Waals surface area contributed by atoms with Crippen molar-refractivity contribution in [3.63, 3.8) is 0 Å². The van der Waals surface area contributed by atoms with Crippen molar-refractivity contribution in [1.29, 1.82) is 0 Å². The molecule has 0 radical (unpaired) electrons. The number of nitrogens with two attached hydrogens (primary N) is 1. The second kappa shape index (κ2) is 7.85. The Morgan fingerprint density at radius 2 is 1.84 bits per heavy atom. The fraction of sp³-hybridized carbons (Fsp3) is 0.933. The van der Waals surface area contributed by atoms with Gasteiger partial charge in [0.25, 0.3) is 0 Å². The van der Waals surface area contributed by atoms with Crippen molar-refractivity contribution < 1.29 is 9.53 Å². The normalized spacial score (nSPS) is 25.2. The molecule has 1 amide bonds. The van der Waals surface area contributed by atoms with Crippen molar-refractivity contribution in [2.45, 2.75) is 69.9 Å². The van der Waals surface area contributed by atoms with Gasteiger partial charge in [-0.25, -0.2) is 0 Å². The van der Waals surface area contributed by atoms with Crippen molar-refractivity contribution in [2.75, 3.05) is 19.7 Å². The molecule has 19 heavy (non-hydrogen) atoms. The summed E-state index contributed by atoms with van der Waals surface area (Å²) in [5.41, 5.74) is 5.68. The Balaban J connectivity index is 1.87. The molecule has 1 saturated carbocycles. The van der Waals surface area contributed by atoms with Crippen LogP contribution in [-0.2, 0) is 9.53 Å². The minimum absolute atomic E-state index is 0.144. The van der Waals surface area contributed by atoms with Gasteiger partial charge in [0.2, 0.25) is 5.91 Å². The number of rotatable bonds is 5. The summed E-state index contributed by atoms with van der Waals surface area (Å²) in [5.74, 6) is 0.254. The maximum Gasteiger partial charge on any atom is 0.225 e. The molecule has 110 valence electrons. The highest BCUT2D eigenvalue weighted by Gasteiger charge is 2.27. The number of nitrogens with zero attached hydrogens (tertiary/aromatic N) is 1. The molecule has 1 unspecified atom stereocenters. The van der Waals surface area contributed by atoms with Crippen molar-refractivity contribution in [1.82, 2.24) is 4.90 Å². The molecular formula is C15H28N2O2. The van der Waals surface area contributed by atoms with E-state index in [1.54, 1.807) is 0 Å². The zero-order valence-corrected chi connectivity index (χ0v) is 12.0. The smallest absolute Gasteiger partial charge is 0.225 e. The Hall–Kier alpha value is -0.610. The Morgan fingerprint density at radius 1 is 1.11 bits per heavy atom. The maximum absolute atomic E-state index is 12.5. The summed E-state index contributed by atoms with van der Waals surface area (Å²) in [4.78, 5) is 14.5. The lowest BCUT2D eigenvalue weighted by Gasteiger charge is -2.35. The van der Waals surface area contributed by atoms with Crippen LogP contribution in [0.2, 0.25) is 0 Å². The first-order valence-electron chi connectivity index (χ1n) is 7.92. The highest BCUT2D eigenvalue weighted by atomic mass is 16.5. The Morgan fingerprint density at radius 3 is 2.47 bits per heavy atom. The average Bonchev–Trinajstić information content (AvgIpc) is 2.46. The number of hydrogen-bond acceptors (Lipinski definition) is 3. The monoisotopic (exact) mass is 268 g/mol. The highest BCUT2D eigenvalue weighted by molar-refractivity contribution is 5.77. The molecule has 2 rings (SSSR count). The van der Waals surface area contributed by atoms with E-state index in [9.17, 15) is 4.79 Å². The summed E-state index contributed by atoms with van der Waals surface area (Å²) in [6, 6.07) is 0.424. The molecule has 1 aliphatic carbocycles. The Bertz CT molecular complexity index is 271. The molecular weight excluding hydrogens is 240 g/mol. The lowest BCUT2D eigenvalue weighted by Crippen LogP contribution is -2.45. The summed E-state index contributed by atoms with van der Waals surface area (Å²) < 4.78 is 5.69. The first-order chi connectivity index (χ1) is 9.31. The molecule has 0 spiro atoms. The Kier molecular flexibility index (Phi) is 6.11. The summed E-state index contributed by atoms with van der Waals surface area (Å²) in [7, 11) is 0. The quantitative estimate of drug-likeness (QED) is 0.830. The zero-order valence-electron chi connectivity index (χ0n) is 12.0. The first-order valence-corrected chi connectivity index (χ1v) is 7.92. The maximum atomic E-state index is 12.5. The number of ether oxygens (including phenoxy) is 1. The van der Waals surface area contributed by atoms with Crippen LogP contribution in [0, 0.1) is 0 Å². The molecule has 2 fully saturated rings. The van der Waals surface area contributed by atoms with Gasteiger partial charge >= 0.3 is 0 Å². The summed E-state index contributed by atoms with van der Waals surface area (Å²) in [5, 5.41) is 0. The summed E-state index contributed by atoms with van der Waals surface area (Å²) in [6.45, 7) is 2.09. The van der Waals surface area contributed by atoms with Crippen molar-refractivity contribution in [3.05, 3.63) is 0 Å². The lowest BCUT2D eigenvalue weighted by atomic mass is 9.93. The molecule has 0 aromatic heterocycles. The zero-order chi connectivity index (χ0) is 13.5. The lowest BCUT2D eigenvalue weighted by molar-refractivity contribution is -0.138. The number of amides is 1. The number of hydrogen-bond donors (Lipinski definition) is 1. The molecule has 4 nitrogen and oxygen atoms in total. The minimum atomic E-state index is 0.144. The van der Waals surface area contributed by atoms with Gasteiger partial charge in [-0.1, -0.05) is 19.3 Å². The SMILES string of the molecule is NCCN(C(=O)CC1CCCCO1)C1CCCCC1. The molecule has 1 heterocycles. The van der Waals surface area contributed by atoms with Gasteiger partial charge in [-0.3, -0.25) is 4.79 Å². The van der Waals surface area contributed by atoms with Crippen LogP contribution in [0.25, 0.3) is 0 Å². The van der Waals surface area contributed by atoms with Crippen LogP contribution in [-0.4, -0.2) is 42.6 Å². The molecule has 1 saturated heterocycles. The van der Waals surface area contributed by atoms with Crippen LogP contribution < -0.4 is 5.73 Å². The molecule has 0 aromatic rings. The van der Waals surface area contributed by atoms with Crippen LogP contribution in [0.15, 0.2) is 0 Å². The van der Waals surface area contributed by atoms with Gasteiger partial charge in [-0.15, -0.1) is 0 Å². The van der Waals surface area contributed by atoms with Crippen LogP contribution in [0.3, 0.4) is 0 Å². The predicted molar refractivity (Wildman–Crippen MR) is 75.8 cm³/mol. The van der Waals surface area contributed by atoms with Crippen LogP contribution in [0.5, 0.6) is 0 Å². The predicted octanol–water partition coefficient (Wildman–Crippen LogP) is 2.07. The minimum Gasteiger partial charge on any atom is -0.378 e. The van der Waals surface area contributed by atoms with Gasteiger partial charge in [0, 0.05) is 25.7 Å². The van der Waals surface area contributed by atoms with E-state index in [2.05, 4.69) is 0 Å². The van der Waals surface area contributed by atoms with E-state index < -0.39 is 0 Å². The van der Waals surface area contributed by atoms with Gasteiger partial charge in [0.1, 0.15) is 0 Å². The van der Waals surface area contributed by atoms with Gasteiger partial charge in [-0.05, 0) is 32.1 Å². The average molecular weight is 268 g/mol. The van der Waals surface area contributed by atoms with Crippen molar-refractivity contribution >= 4 is 5.91 Å². The molecule has 0 bridgehead atoms. The molecule has 0 aromatic carbocycles. The van der Waals surface area contributed by atoms with E-state index in [0.29, 0.717) is 25.6 Å². The van der Waals surface area contributed by atoms with E-state index in [-0.39, 0.29) is 12.0 Å². The van der Waals surface area contributed by atoms with Gasteiger partial charge in [0.05, 0.1) is 12.5 Å². The third kappa shape index (κ3) is 4.46. The van der Waals surface area contributed by atoms with E-state index in [4.69, 9.17) is 10.5 Å². The fourth-order valence-electron chi connectivity index (χ4n) is 3.32. The molecule has 1 atom stereocenters. The Labute approximate surface area is 116 Å². The molecule has 2 N–H and O–H groups in total. The topological polar surface area (TPSA) is 55.6 Å². The molecule has 2 aliphatic rings. The second-order valence-corrected chi connectivity index (χ2v) is 5.86. The first kappa shape index (κ1) is 14.8. The highest BCUT2D eigenvalue weighted by Crippen LogP contribution is 2.24.